The molecule has 78 valence electrons. The molecule has 1 aromatic rings. The van der Waals surface area contributed by atoms with Crippen molar-refractivity contribution in [2.24, 2.45) is 0 Å². The molecule has 1 amide bonds. The number of benzene rings is 1. The van der Waals surface area contributed by atoms with E-state index >= 15 is 0 Å². The summed E-state index contributed by atoms with van der Waals surface area (Å²) >= 11 is 0. The van der Waals surface area contributed by atoms with E-state index in [1.165, 1.54) is 12.1 Å². The second kappa shape index (κ2) is 5.06. The molecule has 0 aliphatic carbocycles. The molecule has 1 aromatic carbocycles. The Labute approximate surface area is 89.3 Å². The van der Waals surface area contributed by atoms with Crippen molar-refractivity contribution in [2.45, 2.75) is 6.92 Å². The van der Waals surface area contributed by atoms with Crippen molar-refractivity contribution in [3.63, 3.8) is 0 Å². The molecule has 0 aliphatic rings. The highest BCUT2D eigenvalue weighted by Gasteiger charge is 2.12. The summed E-state index contributed by atoms with van der Waals surface area (Å²) in [5, 5.41) is 9.08. The number of hydrogen-bond acceptors (Lipinski definition) is 2. The number of terminal acetylenes is 1. The molecule has 0 aromatic heterocycles. The maximum Gasteiger partial charge on any atom is 0.254 e. The number of nitrogens with zero attached hydrogens (tertiary/aromatic N) is 1. The van der Waals surface area contributed by atoms with Crippen LogP contribution in [0.2, 0.25) is 0 Å². The minimum atomic E-state index is -0.115. The number of phenolic OH excluding ortho intramolecular Hbond substituents is 1. The molecular weight excluding hydrogens is 190 g/mol. The standard InChI is InChI=1S/C12H13NO2/c1-3-9-13(4-2)12(15)10-5-7-11(14)8-6-10/h1,5-8,14H,4,9H2,2H3. The smallest absolute Gasteiger partial charge is 0.254 e. The molecule has 0 radical (unpaired) electrons. The first-order valence-corrected chi connectivity index (χ1v) is 4.70. The van der Waals surface area contributed by atoms with E-state index in [1.807, 2.05) is 6.92 Å². The van der Waals surface area contributed by atoms with Gasteiger partial charge in [0.15, 0.2) is 0 Å². The Morgan fingerprint density at radius 1 is 1.47 bits per heavy atom. The summed E-state index contributed by atoms with van der Waals surface area (Å²) < 4.78 is 0. The van der Waals surface area contributed by atoms with Crippen molar-refractivity contribution in [3.8, 4) is 18.1 Å². The molecule has 0 unspecified atom stereocenters. The molecule has 1 N–H and O–H groups in total. The van der Waals surface area contributed by atoms with Crippen molar-refractivity contribution in [2.75, 3.05) is 13.1 Å². The van der Waals surface area contributed by atoms with Crippen molar-refractivity contribution < 1.29 is 9.90 Å². The van der Waals surface area contributed by atoms with Gasteiger partial charge in [-0.25, -0.2) is 0 Å². The Morgan fingerprint density at radius 2 is 2.07 bits per heavy atom. The van der Waals surface area contributed by atoms with Crippen LogP contribution in [0.5, 0.6) is 5.75 Å². The van der Waals surface area contributed by atoms with Gasteiger partial charge in [0, 0.05) is 12.1 Å². The Morgan fingerprint density at radius 3 is 2.53 bits per heavy atom. The lowest BCUT2D eigenvalue weighted by Crippen LogP contribution is -2.31. The molecule has 0 spiro atoms. The average Bonchev–Trinajstić information content (AvgIpc) is 2.26. The van der Waals surface area contributed by atoms with E-state index in [0.717, 1.165) is 0 Å². The van der Waals surface area contributed by atoms with Crippen LogP contribution < -0.4 is 0 Å². The number of phenols is 1. The monoisotopic (exact) mass is 203 g/mol. The van der Waals surface area contributed by atoms with Gasteiger partial charge in [0.2, 0.25) is 0 Å². The van der Waals surface area contributed by atoms with E-state index in [9.17, 15) is 4.79 Å². The number of rotatable bonds is 3. The fraction of sp³-hybridized carbons (Fsp3) is 0.250. The maximum atomic E-state index is 11.8. The number of aromatic hydroxyl groups is 1. The Bertz CT molecular complexity index is 376. The van der Waals surface area contributed by atoms with Crippen LogP contribution in [0, 0.1) is 12.3 Å². The predicted molar refractivity (Wildman–Crippen MR) is 58.5 cm³/mol. The van der Waals surface area contributed by atoms with E-state index < -0.39 is 0 Å². The van der Waals surface area contributed by atoms with E-state index in [4.69, 9.17) is 11.5 Å². The summed E-state index contributed by atoms with van der Waals surface area (Å²) in [5.74, 6) is 2.47. The second-order valence-corrected chi connectivity index (χ2v) is 3.07. The second-order valence-electron chi connectivity index (χ2n) is 3.07. The van der Waals surface area contributed by atoms with E-state index in [-0.39, 0.29) is 11.7 Å². The maximum absolute atomic E-state index is 11.8. The van der Waals surface area contributed by atoms with E-state index in [2.05, 4.69) is 5.92 Å². The van der Waals surface area contributed by atoms with Crippen LogP contribution in [0.1, 0.15) is 17.3 Å². The summed E-state index contributed by atoms with van der Waals surface area (Å²) in [4.78, 5) is 13.4. The van der Waals surface area contributed by atoms with Crippen LogP contribution in [-0.4, -0.2) is 29.0 Å². The minimum Gasteiger partial charge on any atom is -0.508 e. The number of carbonyl (C=O) groups is 1. The average molecular weight is 203 g/mol. The lowest BCUT2D eigenvalue weighted by Gasteiger charge is -2.17. The quantitative estimate of drug-likeness (QED) is 0.756. The van der Waals surface area contributed by atoms with Gasteiger partial charge >= 0.3 is 0 Å². The molecule has 1 rings (SSSR count). The van der Waals surface area contributed by atoms with Crippen LogP contribution in [0.3, 0.4) is 0 Å². The largest absolute Gasteiger partial charge is 0.508 e. The van der Waals surface area contributed by atoms with Gasteiger partial charge in [-0.15, -0.1) is 6.42 Å². The SMILES string of the molecule is C#CCN(CC)C(=O)c1ccc(O)cc1. The molecule has 15 heavy (non-hydrogen) atoms. The fourth-order valence-corrected chi connectivity index (χ4v) is 1.22. The van der Waals surface area contributed by atoms with Gasteiger partial charge < -0.3 is 10.0 Å². The predicted octanol–water partition coefficient (Wildman–Crippen LogP) is 1.49. The first-order valence-electron chi connectivity index (χ1n) is 4.70. The lowest BCUT2D eigenvalue weighted by molar-refractivity contribution is 0.0785. The van der Waals surface area contributed by atoms with Gasteiger partial charge in [0.05, 0.1) is 6.54 Å². The Kier molecular flexibility index (Phi) is 3.75. The highest BCUT2D eigenvalue weighted by molar-refractivity contribution is 5.94. The van der Waals surface area contributed by atoms with Gasteiger partial charge in [-0.05, 0) is 31.2 Å². The molecular formula is C12H13NO2. The zero-order chi connectivity index (χ0) is 11.3. The zero-order valence-electron chi connectivity index (χ0n) is 8.60. The van der Waals surface area contributed by atoms with Gasteiger partial charge in [-0.2, -0.15) is 0 Å². The third-order valence-corrected chi connectivity index (χ3v) is 2.07. The van der Waals surface area contributed by atoms with Crippen LogP contribution in [-0.2, 0) is 0 Å². The molecule has 0 bridgehead atoms. The van der Waals surface area contributed by atoms with Crippen LogP contribution in [0.4, 0.5) is 0 Å². The molecule has 0 saturated heterocycles. The van der Waals surface area contributed by atoms with Crippen LogP contribution in [0.15, 0.2) is 24.3 Å². The van der Waals surface area contributed by atoms with Gasteiger partial charge in [-0.1, -0.05) is 5.92 Å². The lowest BCUT2D eigenvalue weighted by atomic mass is 10.2. The molecule has 0 atom stereocenters. The fourth-order valence-electron chi connectivity index (χ4n) is 1.22. The van der Waals surface area contributed by atoms with Crippen LogP contribution >= 0.6 is 0 Å². The highest BCUT2D eigenvalue weighted by atomic mass is 16.3. The molecule has 0 fully saturated rings. The zero-order valence-corrected chi connectivity index (χ0v) is 8.60. The molecule has 0 aliphatic heterocycles. The van der Waals surface area contributed by atoms with Gasteiger partial charge in [0.1, 0.15) is 5.75 Å². The topological polar surface area (TPSA) is 40.5 Å². The number of carbonyl (C=O) groups excluding carboxylic acids is 1. The summed E-state index contributed by atoms with van der Waals surface area (Å²) in [5.41, 5.74) is 0.532. The summed E-state index contributed by atoms with van der Waals surface area (Å²) in [7, 11) is 0. The van der Waals surface area contributed by atoms with Gasteiger partial charge in [0.25, 0.3) is 5.91 Å². The number of amides is 1. The Balaban J connectivity index is 2.84. The van der Waals surface area contributed by atoms with Crippen LogP contribution in [0.25, 0.3) is 0 Å². The van der Waals surface area contributed by atoms with E-state index in [1.54, 1.807) is 17.0 Å². The molecule has 0 heterocycles. The molecule has 0 saturated carbocycles. The van der Waals surface area contributed by atoms with Crippen molar-refractivity contribution in [1.29, 1.82) is 0 Å². The first-order chi connectivity index (χ1) is 7.19. The number of hydrogen-bond donors (Lipinski definition) is 1. The summed E-state index contributed by atoms with van der Waals surface area (Å²) in [6, 6.07) is 6.13. The van der Waals surface area contributed by atoms with Crippen molar-refractivity contribution in [3.05, 3.63) is 29.8 Å². The molecule has 3 heteroatoms. The Hall–Kier alpha value is -1.95. The van der Waals surface area contributed by atoms with E-state index in [0.29, 0.717) is 18.7 Å². The molecule has 3 nitrogen and oxygen atoms in total. The van der Waals surface area contributed by atoms with Crippen molar-refractivity contribution >= 4 is 5.91 Å². The van der Waals surface area contributed by atoms with Gasteiger partial charge in [-0.3, -0.25) is 4.79 Å². The third-order valence-electron chi connectivity index (χ3n) is 2.07. The highest BCUT2D eigenvalue weighted by Crippen LogP contribution is 2.11. The van der Waals surface area contributed by atoms with Crippen molar-refractivity contribution in [1.82, 2.24) is 4.90 Å². The summed E-state index contributed by atoms with van der Waals surface area (Å²) in [6.45, 7) is 2.75. The minimum absolute atomic E-state index is 0.115. The third kappa shape index (κ3) is 2.75. The first kappa shape index (κ1) is 11.1. The normalized spacial score (nSPS) is 9.33. The summed E-state index contributed by atoms with van der Waals surface area (Å²) in [6.07, 6.45) is 5.16.